The van der Waals surface area contributed by atoms with Gasteiger partial charge in [0.15, 0.2) is 11.5 Å². The lowest BCUT2D eigenvalue weighted by atomic mass is 9.61. The van der Waals surface area contributed by atoms with E-state index in [1.54, 1.807) is 32.0 Å². The van der Waals surface area contributed by atoms with Crippen molar-refractivity contribution >= 4 is 17.6 Å². The average Bonchev–Trinajstić information content (AvgIpc) is 3.19. The first-order valence-corrected chi connectivity index (χ1v) is 8.57. The van der Waals surface area contributed by atoms with Gasteiger partial charge < -0.3 is 19.3 Å². The van der Waals surface area contributed by atoms with Gasteiger partial charge in [0.25, 0.3) is 0 Å². The summed E-state index contributed by atoms with van der Waals surface area (Å²) in [5, 5.41) is 15.1. The minimum Gasteiger partial charge on any atom is -0.466 e. The zero-order valence-corrected chi connectivity index (χ0v) is 14.5. The van der Waals surface area contributed by atoms with Crippen molar-refractivity contribution in [2.24, 2.45) is 16.9 Å². The molecule has 3 aliphatic rings. The summed E-state index contributed by atoms with van der Waals surface area (Å²) in [6.07, 6.45) is 0.126. The molecule has 1 fully saturated rings. The minimum absolute atomic E-state index is 0.124. The third-order valence-electron chi connectivity index (χ3n) is 5.20. The smallest absolute Gasteiger partial charge is 0.312 e. The molecule has 4 atom stereocenters. The van der Waals surface area contributed by atoms with E-state index in [1.807, 2.05) is 0 Å². The van der Waals surface area contributed by atoms with Crippen LogP contribution in [0.2, 0.25) is 0 Å². The molecule has 0 radical (unpaired) electrons. The first kappa shape index (κ1) is 16.8. The molecule has 2 heterocycles. The molecule has 0 saturated heterocycles. The Balaban J connectivity index is 1.83. The van der Waals surface area contributed by atoms with Crippen LogP contribution < -0.4 is 14.9 Å². The van der Waals surface area contributed by atoms with Crippen molar-refractivity contribution in [3.8, 4) is 11.5 Å². The van der Waals surface area contributed by atoms with E-state index in [0.29, 0.717) is 22.8 Å². The number of carbonyl (C=O) groups is 2. The number of nitrogens with zero attached hydrogens (tertiary/aromatic N) is 1. The van der Waals surface area contributed by atoms with Crippen molar-refractivity contribution in [1.29, 1.82) is 0 Å². The van der Waals surface area contributed by atoms with E-state index >= 15 is 0 Å². The van der Waals surface area contributed by atoms with Crippen LogP contribution in [-0.4, -0.2) is 41.7 Å². The molecule has 0 spiro atoms. The predicted octanol–water partition coefficient (Wildman–Crippen LogP) is 0.935. The first-order chi connectivity index (χ1) is 12.4. The van der Waals surface area contributed by atoms with Crippen LogP contribution in [-0.2, 0) is 14.3 Å². The molecule has 138 valence electrons. The average molecular weight is 360 g/mol. The van der Waals surface area contributed by atoms with Gasteiger partial charge in [-0.3, -0.25) is 9.59 Å². The quantitative estimate of drug-likeness (QED) is 0.777. The number of ether oxygens (including phenoxy) is 3. The Bertz CT molecular complexity index is 803. The van der Waals surface area contributed by atoms with Crippen LogP contribution in [0.1, 0.15) is 31.7 Å². The SMILES string of the molecule is CCOC(=O)C1C(c2ccc3c(c2)OCO3)C2C(=O)NN=C2CC1(C)O. The van der Waals surface area contributed by atoms with Crippen molar-refractivity contribution in [1.82, 2.24) is 5.43 Å². The largest absolute Gasteiger partial charge is 0.466 e. The van der Waals surface area contributed by atoms with E-state index in [1.165, 1.54) is 0 Å². The Labute approximate surface area is 150 Å². The van der Waals surface area contributed by atoms with Crippen LogP contribution in [0.25, 0.3) is 0 Å². The summed E-state index contributed by atoms with van der Waals surface area (Å²) in [7, 11) is 0. The van der Waals surface area contributed by atoms with Crippen LogP contribution in [0.3, 0.4) is 0 Å². The number of amides is 1. The molecule has 1 aliphatic carbocycles. The number of hydrogen-bond acceptors (Lipinski definition) is 7. The second kappa shape index (κ2) is 5.98. The molecule has 2 aliphatic heterocycles. The van der Waals surface area contributed by atoms with Gasteiger partial charge in [-0.05, 0) is 31.5 Å². The maximum absolute atomic E-state index is 12.7. The van der Waals surface area contributed by atoms with Crippen molar-refractivity contribution in [2.45, 2.75) is 31.8 Å². The highest BCUT2D eigenvalue weighted by Gasteiger charge is 2.57. The molecule has 0 aromatic heterocycles. The highest BCUT2D eigenvalue weighted by molar-refractivity contribution is 6.10. The fraction of sp³-hybridized carbons (Fsp3) is 0.500. The van der Waals surface area contributed by atoms with Crippen LogP contribution in [0.5, 0.6) is 11.5 Å². The van der Waals surface area contributed by atoms with Crippen LogP contribution >= 0.6 is 0 Å². The fourth-order valence-electron chi connectivity index (χ4n) is 4.13. The number of benzene rings is 1. The molecule has 8 heteroatoms. The first-order valence-electron chi connectivity index (χ1n) is 8.57. The highest BCUT2D eigenvalue weighted by atomic mass is 16.7. The van der Waals surface area contributed by atoms with Crippen LogP contribution in [0, 0.1) is 11.8 Å². The zero-order valence-electron chi connectivity index (χ0n) is 14.5. The predicted molar refractivity (Wildman–Crippen MR) is 89.7 cm³/mol. The molecule has 0 bridgehead atoms. The lowest BCUT2D eigenvalue weighted by Gasteiger charge is -2.43. The number of hydrogen-bond donors (Lipinski definition) is 2. The molecule has 4 unspecified atom stereocenters. The Morgan fingerprint density at radius 3 is 2.96 bits per heavy atom. The Kier molecular flexibility index (Phi) is 3.87. The number of fused-ring (bicyclic) bond motifs is 2. The topological polar surface area (TPSA) is 106 Å². The molecule has 1 amide bonds. The number of esters is 1. The van der Waals surface area contributed by atoms with Crippen molar-refractivity contribution in [3.05, 3.63) is 23.8 Å². The Morgan fingerprint density at radius 2 is 2.19 bits per heavy atom. The van der Waals surface area contributed by atoms with E-state index in [4.69, 9.17) is 14.2 Å². The van der Waals surface area contributed by atoms with Crippen molar-refractivity contribution < 1.29 is 28.9 Å². The summed E-state index contributed by atoms with van der Waals surface area (Å²) in [6, 6.07) is 5.28. The van der Waals surface area contributed by atoms with Gasteiger partial charge in [0.2, 0.25) is 12.7 Å². The van der Waals surface area contributed by atoms with Crippen LogP contribution in [0.15, 0.2) is 23.3 Å². The number of nitrogens with one attached hydrogen (secondary N) is 1. The summed E-state index contributed by atoms with van der Waals surface area (Å²) in [5.74, 6) is -1.82. The van der Waals surface area contributed by atoms with Gasteiger partial charge in [-0.2, -0.15) is 5.10 Å². The van der Waals surface area contributed by atoms with Gasteiger partial charge >= 0.3 is 5.97 Å². The lowest BCUT2D eigenvalue weighted by molar-refractivity contribution is -0.160. The summed E-state index contributed by atoms with van der Waals surface area (Å²) in [4.78, 5) is 25.2. The highest BCUT2D eigenvalue weighted by Crippen LogP contribution is 2.49. The Hall–Kier alpha value is -2.61. The summed E-state index contributed by atoms with van der Waals surface area (Å²) in [6.45, 7) is 3.60. The summed E-state index contributed by atoms with van der Waals surface area (Å²) in [5.41, 5.74) is 2.32. The second-order valence-corrected chi connectivity index (χ2v) is 6.96. The normalized spacial score (nSPS) is 31.9. The van der Waals surface area contributed by atoms with Gasteiger partial charge in [0.05, 0.1) is 29.8 Å². The molecule has 4 rings (SSSR count). The maximum atomic E-state index is 12.7. The van der Waals surface area contributed by atoms with E-state index in [0.717, 1.165) is 0 Å². The van der Waals surface area contributed by atoms with Gasteiger partial charge in [0.1, 0.15) is 0 Å². The fourth-order valence-corrected chi connectivity index (χ4v) is 4.13. The van der Waals surface area contributed by atoms with E-state index in [-0.39, 0.29) is 25.7 Å². The van der Waals surface area contributed by atoms with Crippen molar-refractivity contribution in [3.63, 3.8) is 0 Å². The number of rotatable bonds is 3. The number of carbonyl (C=O) groups excluding carboxylic acids is 2. The van der Waals surface area contributed by atoms with Crippen molar-refractivity contribution in [2.75, 3.05) is 13.4 Å². The molecule has 1 saturated carbocycles. The standard InChI is InChI=1S/C18H20N2O6/c1-3-24-17(22)15-13(9-4-5-11-12(6-9)26-8-25-11)14-10(7-18(15,2)23)19-20-16(14)21/h4-6,13-15,23H,3,7-8H2,1-2H3,(H,20,21). The molecule has 1 aromatic rings. The maximum Gasteiger partial charge on any atom is 0.312 e. The van der Waals surface area contributed by atoms with Gasteiger partial charge in [-0.15, -0.1) is 0 Å². The van der Waals surface area contributed by atoms with E-state index in [9.17, 15) is 14.7 Å². The minimum atomic E-state index is -1.39. The molecular weight excluding hydrogens is 340 g/mol. The molecular formula is C18H20N2O6. The zero-order chi connectivity index (χ0) is 18.5. The number of hydrazone groups is 1. The number of aliphatic hydroxyl groups is 1. The van der Waals surface area contributed by atoms with E-state index in [2.05, 4.69) is 10.5 Å². The molecule has 2 N–H and O–H groups in total. The van der Waals surface area contributed by atoms with Crippen LogP contribution in [0.4, 0.5) is 0 Å². The van der Waals surface area contributed by atoms with Gasteiger partial charge in [-0.1, -0.05) is 6.07 Å². The van der Waals surface area contributed by atoms with Gasteiger partial charge in [-0.25, -0.2) is 5.43 Å². The summed E-state index contributed by atoms with van der Waals surface area (Å²) >= 11 is 0. The third kappa shape index (κ3) is 2.52. The monoisotopic (exact) mass is 360 g/mol. The summed E-state index contributed by atoms with van der Waals surface area (Å²) < 4.78 is 16.0. The third-order valence-corrected chi connectivity index (χ3v) is 5.20. The molecule has 26 heavy (non-hydrogen) atoms. The van der Waals surface area contributed by atoms with E-state index < -0.39 is 29.3 Å². The Morgan fingerprint density at radius 1 is 1.42 bits per heavy atom. The lowest BCUT2D eigenvalue weighted by Crippen LogP contribution is -2.54. The van der Waals surface area contributed by atoms with Gasteiger partial charge in [0, 0.05) is 12.3 Å². The molecule has 8 nitrogen and oxygen atoms in total. The molecule has 1 aromatic carbocycles. The second-order valence-electron chi connectivity index (χ2n) is 6.96.